The van der Waals surface area contributed by atoms with Gasteiger partial charge in [0.05, 0.1) is 5.56 Å². The Bertz CT molecular complexity index is 367. The maximum atomic E-state index is 10.8. The number of aromatic carboxylic acids is 1. The van der Waals surface area contributed by atoms with Crippen LogP contribution in [0.5, 0.6) is 0 Å². The molecule has 15 heavy (non-hydrogen) atoms. The first-order valence-corrected chi connectivity index (χ1v) is 5.51. The monoisotopic (exact) mass is 204 g/mol. The van der Waals surface area contributed by atoms with Crippen molar-refractivity contribution in [2.24, 2.45) is 5.92 Å². The summed E-state index contributed by atoms with van der Waals surface area (Å²) in [6.45, 7) is 2.20. The van der Waals surface area contributed by atoms with Crippen molar-refractivity contribution >= 4 is 5.97 Å². The summed E-state index contributed by atoms with van der Waals surface area (Å²) in [5.74, 6) is 0.421. The van der Waals surface area contributed by atoms with Gasteiger partial charge in [-0.2, -0.15) is 0 Å². The van der Waals surface area contributed by atoms with Gasteiger partial charge in [0.1, 0.15) is 0 Å². The molecule has 1 unspecified atom stereocenters. The molecule has 0 spiro atoms. The first kappa shape index (κ1) is 10.2. The molecular formula is C13H16O2. The third kappa shape index (κ3) is 2.04. The van der Waals surface area contributed by atoms with E-state index in [-0.39, 0.29) is 0 Å². The largest absolute Gasteiger partial charge is 0.478 e. The molecule has 1 N–H and O–H groups in total. The molecule has 1 aromatic carbocycles. The molecule has 80 valence electrons. The predicted octanol–water partition coefficient (Wildman–Crippen LogP) is 3.29. The highest BCUT2D eigenvalue weighted by atomic mass is 16.4. The maximum absolute atomic E-state index is 10.8. The fourth-order valence-corrected chi connectivity index (χ4v) is 2.17. The van der Waals surface area contributed by atoms with E-state index in [1.807, 2.05) is 18.2 Å². The quantitative estimate of drug-likeness (QED) is 0.820. The molecule has 2 nitrogen and oxygen atoms in total. The van der Waals surface area contributed by atoms with Crippen LogP contribution in [0.25, 0.3) is 0 Å². The van der Waals surface area contributed by atoms with Crippen molar-refractivity contribution in [3.8, 4) is 0 Å². The van der Waals surface area contributed by atoms with Crippen LogP contribution in [0, 0.1) is 5.92 Å². The first-order chi connectivity index (χ1) is 7.18. The van der Waals surface area contributed by atoms with E-state index in [9.17, 15) is 4.79 Å². The number of benzene rings is 1. The average Bonchev–Trinajstić information content (AvgIpc) is 2.15. The van der Waals surface area contributed by atoms with E-state index in [0.29, 0.717) is 11.5 Å². The predicted molar refractivity (Wildman–Crippen MR) is 59.2 cm³/mol. The van der Waals surface area contributed by atoms with E-state index in [1.165, 1.54) is 24.8 Å². The number of carbonyl (C=O) groups is 1. The summed E-state index contributed by atoms with van der Waals surface area (Å²) in [4.78, 5) is 10.8. The van der Waals surface area contributed by atoms with Crippen LogP contribution in [0.4, 0.5) is 0 Å². The van der Waals surface area contributed by atoms with Crippen LogP contribution in [-0.4, -0.2) is 11.1 Å². The highest BCUT2D eigenvalue weighted by Crippen LogP contribution is 2.38. The summed E-state index contributed by atoms with van der Waals surface area (Å²) in [5.41, 5.74) is 1.57. The minimum atomic E-state index is -0.836. The smallest absolute Gasteiger partial charge is 0.335 e. The molecule has 0 amide bonds. The van der Waals surface area contributed by atoms with Gasteiger partial charge in [-0.25, -0.2) is 4.79 Å². The van der Waals surface area contributed by atoms with Crippen LogP contribution in [0.3, 0.4) is 0 Å². The lowest BCUT2D eigenvalue weighted by atomic mass is 9.74. The van der Waals surface area contributed by atoms with Crippen molar-refractivity contribution in [1.82, 2.24) is 0 Å². The molecule has 1 fully saturated rings. The van der Waals surface area contributed by atoms with Gasteiger partial charge in [0.2, 0.25) is 0 Å². The Hall–Kier alpha value is -1.31. The van der Waals surface area contributed by atoms with Gasteiger partial charge < -0.3 is 5.11 Å². The Morgan fingerprint density at radius 2 is 2.20 bits per heavy atom. The molecule has 1 saturated carbocycles. The number of carboxylic acid groups (broad SMARTS) is 1. The van der Waals surface area contributed by atoms with E-state index in [4.69, 9.17) is 5.11 Å². The lowest BCUT2D eigenvalue weighted by molar-refractivity contribution is 0.0696. The van der Waals surface area contributed by atoms with Gasteiger partial charge in [-0.05, 0) is 42.4 Å². The number of rotatable bonds is 3. The number of carboxylic acids is 1. The zero-order valence-corrected chi connectivity index (χ0v) is 8.94. The Morgan fingerprint density at radius 1 is 1.47 bits per heavy atom. The van der Waals surface area contributed by atoms with E-state index in [1.54, 1.807) is 6.07 Å². The lowest BCUT2D eigenvalue weighted by Crippen LogP contribution is -2.18. The summed E-state index contributed by atoms with van der Waals surface area (Å²) >= 11 is 0. The van der Waals surface area contributed by atoms with Crippen molar-refractivity contribution in [3.05, 3.63) is 35.4 Å². The van der Waals surface area contributed by atoms with Gasteiger partial charge in [-0.1, -0.05) is 25.5 Å². The molecule has 0 bridgehead atoms. The van der Waals surface area contributed by atoms with Crippen LogP contribution < -0.4 is 0 Å². The molecular weight excluding hydrogens is 188 g/mol. The standard InChI is InChI=1S/C13H16O2/c1-9(10-4-2-5-10)11-6-3-7-12(8-11)13(14)15/h3,6-10H,2,4-5H2,1H3,(H,14,15). The van der Waals surface area contributed by atoms with Gasteiger partial charge in [-0.3, -0.25) is 0 Å². The molecule has 0 heterocycles. The second kappa shape index (κ2) is 4.05. The van der Waals surface area contributed by atoms with Gasteiger partial charge in [-0.15, -0.1) is 0 Å². The summed E-state index contributed by atoms with van der Waals surface area (Å²) in [6, 6.07) is 7.34. The van der Waals surface area contributed by atoms with Gasteiger partial charge >= 0.3 is 5.97 Å². The van der Waals surface area contributed by atoms with Gasteiger partial charge in [0, 0.05) is 0 Å². The highest BCUT2D eigenvalue weighted by Gasteiger charge is 2.25. The SMILES string of the molecule is CC(c1cccc(C(=O)O)c1)C1CCC1. The highest BCUT2D eigenvalue weighted by molar-refractivity contribution is 5.87. The van der Waals surface area contributed by atoms with Crippen molar-refractivity contribution < 1.29 is 9.90 Å². The average molecular weight is 204 g/mol. The third-order valence-electron chi connectivity index (χ3n) is 3.52. The molecule has 0 saturated heterocycles. The molecule has 0 aliphatic heterocycles. The molecule has 0 radical (unpaired) electrons. The number of hydrogen-bond donors (Lipinski definition) is 1. The topological polar surface area (TPSA) is 37.3 Å². The van der Waals surface area contributed by atoms with E-state index in [2.05, 4.69) is 6.92 Å². The minimum absolute atomic E-state index is 0.402. The van der Waals surface area contributed by atoms with Crippen LogP contribution >= 0.6 is 0 Å². The maximum Gasteiger partial charge on any atom is 0.335 e. The van der Waals surface area contributed by atoms with E-state index < -0.39 is 5.97 Å². The van der Waals surface area contributed by atoms with Crippen LogP contribution in [0.15, 0.2) is 24.3 Å². The molecule has 1 aromatic rings. The molecule has 1 aliphatic carbocycles. The van der Waals surface area contributed by atoms with Crippen molar-refractivity contribution in [1.29, 1.82) is 0 Å². The normalized spacial score (nSPS) is 18.2. The van der Waals surface area contributed by atoms with Gasteiger partial charge in [0.25, 0.3) is 0 Å². The first-order valence-electron chi connectivity index (χ1n) is 5.51. The minimum Gasteiger partial charge on any atom is -0.478 e. The molecule has 2 heteroatoms. The zero-order valence-electron chi connectivity index (χ0n) is 8.94. The van der Waals surface area contributed by atoms with Crippen molar-refractivity contribution in [3.63, 3.8) is 0 Å². The lowest BCUT2D eigenvalue weighted by Gasteiger charge is -2.31. The zero-order chi connectivity index (χ0) is 10.8. The van der Waals surface area contributed by atoms with Crippen LogP contribution in [0.1, 0.15) is 48.0 Å². The Kier molecular flexibility index (Phi) is 2.76. The van der Waals surface area contributed by atoms with Crippen molar-refractivity contribution in [2.45, 2.75) is 32.1 Å². The second-order valence-electron chi connectivity index (χ2n) is 4.41. The number of hydrogen-bond acceptors (Lipinski definition) is 1. The summed E-state index contributed by atoms with van der Waals surface area (Å²) < 4.78 is 0. The van der Waals surface area contributed by atoms with Crippen LogP contribution in [0.2, 0.25) is 0 Å². The molecule has 1 atom stereocenters. The Balaban J connectivity index is 2.19. The van der Waals surface area contributed by atoms with Gasteiger partial charge in [0.15, 0.2) is 0 Å². The van der Waals surface area contributed by atoms with Crippen LogP contribution in [-0.2, 0) is 0 Å². The Labute approximate surface area is 89.9 Å². The summed E-state index contributed by atoms with van der Waals surface area (Å²) in [6.07, 6.45) is 3.91. The molecule has 2 rings (SSSR count). The van der Waals surface area contributed by atoms with E-state index >= 15 is 0 Å². The Morgan fingerprint density at radius 3 is 2.73 bits per heavy atom. The van der Waals surface area contributed by atoms with E-state index in [0.717, 1.165) is 5.92 Å². The van der Waals surface area contributed by atoms with Crippen molar-refractivity contribution in [2.75, 3.05) is 0 Å². The molecule has 1 aliphatic rings. The second-order valence-corrected chi connectivity index (χ2v) is 4.41. The fourth-order valence-electron chi connectivity index (χ4n) is 2.17. The fraction of sp³-hybridized carbons (Fsp3) is 0.462. The summed E-state index contributed by atoms with van der Waals surface area (Å²) in [5, 5.41) is 8.90. The third-order valence-corrected chi connectivity index (χ3v) is 3.52. The molecule has 0 aromatic heterocycles. The summed E-state index contributed by atoms with van der Waals surface area (Å²) in [7, 11) is 0.